The lowest BCUT2D eigenvalue weighted by atomic mass is 9.94. The van der Waals surface area contributed by atoms with Crippen LogP contribution in [0.15, 0.2) is 11.6 Å². The van der Waals surface area contributed by atoms with Gasteiger partial charge in [-0.2, -0.15) is 0 Å². The maximum Gasteiger partial charge on any atom is 0.0951 e. The minimum absolute atomic E-state index is 0.217. The van der Waals surface area contributed by atoms with Crippen LogP contribution in [-0.4, -0.2) is 40.7 Å². The van der Waals surface area contributed by atoms with Gasteiger partial charge in [-0.25, -0.2) is 4.98 Å². The van der Waals surface area contributed by atoms with Crippen LogP contribution in [0.5, 0.6) is 0 Å². The molecule has 0 bridgehead atoms. The maximum atomic E-state index is 10.0. The average molecular weight is 214 g/mol. The molecule has 1 heterocycles. The SMILES string of the molecule is CN(C)C(C)(C)C(O)Cc1nccs1. The number of likely N-dealkylation sites (N-methyl/N-ethyl adjacent to an activating group) is 1. The maximum absolute atomic E-state index is 10.0. The Bertz CT molecular complexity index is 270. The lowest BCUT2D eigenvalue weighted by Gasteiger charge is -2.36. The van der Waals surface area contributed by atoms with Gasteiger partial charge in [0.2, 0.25) is 0 Å². The molecule has 80 valence electrons. The number of hydrogen-bond acceptors (Lipinski definition) is 4. The summed E-state index contributed by atoms with van der Waals surface area (Å²) in [5, 5.41) is 13.0. The van der Waals surface area contributed by atoms with Gasteiger partial charge in [-0.05, 0) is 27.9 Å². The average Bonchev–Trinajstić information content (AvgIpc) is 2.56. The lowest BCUT2D eigenvalue weighted by molar-refractivity contribution is 0.0182. The molecule has 0 aromatic carbocycles. The summed E-state index contributed by atoms with van der Waals surface area (Å²) in [7, 11) is 3.95. The Morgan fingerprint density at radius 3 is 2.64 bits per heavy atom. The van der Waals surface area contributed by atoms with Crippen LogP contribution in [-0.2, 0) is 6.42 Å². The molecule has 0 aliphatic carbocycles. The summed E-state index contributed by atoms with van der Waals surface area (Å²) in [6, 6.07) is 0. The minimum Gasteiger partial charge on any atom is -0.391 e. The van der Waals surface area contributed by atoms with E-state index in [1.165, 1.54) is 0 Å². The van der Waals surface area contributed by atoms with E-state index in [0.717, 1.165) is 5.01 Å². The summed E-state index contributed by atoms with van der Waals surface area (Å²) in [4.78, 5) is 6.20. The van der Waals surface area contributed by atoms with E-state index in [1.807, 2.05) is 38.2 Å². The molecule has 1 aromatic rings. The van der Waals surface area contributed by atoms with Crippen LogP contribution in [0.4, 0.5) is 0 Å². The fourth-order valence-corrected chi connectivity index (χ4v) is 1.72. The van der Waals surface area contributed by atoms with Crippen molar-refractivity contribution in [2.75, 3.05) is 14.1 Å². The van der Waals surface area contributed by atoms with Gasteiger partial charge in [0.1, 0.15) is 0 Å². The zero-order valence-electron chi connectivity index (χ0n) is 9.19. The van der Waals surface area contributed by atoms with Gasteiger partial charge in [0.15, 0.2) is 0 Å². The molecule has 14 heavy (non-hydrogen) atoms. The molecule has 0 fully saturated rings. The van der Waals surface area contributed by atoms with Gasteiger partial charge in [0, 0.05) is 23.5 Å². The molecular formula is C10H18N2OS. The Morgan fingerprint density at radius 2 is 2.21 bits per heavy atom. The zero-order valence-corrected chi connectivity index (χ0v) is 10.0. The molecular weight excluding hydrogens is 196 g/mol. The van der Waals surface area contributed by atoms with Crippen molar-refractivity contribution in [1.82, 2.24) is 9.88 Å². The van der Waals surface area contributed by atoms with E-state index in [4.69, 9.17) is 0 Å². The first-order valence-electron chi connectivity index (χ1n) is 4.68. The standard InChI is InChI=1S/C10H18N2OS/c1-10(2,12(3)4)8(13)7-9-11-5-6-14-9/h5-6,8,13H,7H2,1-4H3. The van der Waals surface area contributed by atoms with E-state index < -0.39 is 0 Å². The zero-order chi connectivity index (χ0) is 10.8. The third-order valence-electron chi connectivity index (χ3n) is 2.82. The molecule has 1 atom stereocenters. The number of aliphatic hydroxyl groups is 1. The lowest BCUT2D eigenvalue weighted by Crippen LogP contribution is -2.49. The van der Waals surface area contributed by atoms with Gasteiger partial charge in [0.05, 0.1) is 11.1 Å². The predicted molar refractivity (Wildman–Crippen MR) is 59.6 cm³/mol. The number of nitrogens with zero attached hydrogens (tertiary/aromatic N) is 2. The molecule has 0 spiro atoms. The first-order valence-corrected chi connectivity index (χ1v) is 5.56. The van der Waals surface area contributed by atoms with Crippen molar-refractivity contribution in [2.45, 2.75) is 31.9 Å². The van der Waals surface area contributed by atoms with Crippen molar-refractivity contribution in [3.8, 4) is 0 Å². The Kier molecular flexibility index (Phi) is 3.64. The first-order chi connectivity index (χ1) is 6.44. The molecule has 0 saturated carbocycles. The van der Waals surface area contributed by atoms with Gasteiger partial charge in [-0.3, -0.25) is 0 Å². The smallest absolute Gasteiger partial charge is 0.0951 e. The fraction of sp³-hybridized carbons (Fsp3) is 0.700. The summed E-state index contributed by atoms with van der Waals surface area (Å²) in [5.41, 5.74) is -0.217. The van der Waals surface area contributed by atoms with E-state index >= 15 is 0 Å². The van der Waals surface area contributed by atoms with Crippen LogP contribution >= 0.6 is 11.3 Å². The van der Waals surface area contributed by atoms with Crippen molar-refractivity contribution in [3.63, 3.8) is 0 Å². The highest BCUT2D eigenvalue weighted by Crippen LogP contribution is 2.20. The topological polar surface area (TPSA) is 36.4 Å². The van der Waals surface area contributed by atoms with Crippen LogP contribution in [0.1, 0.15) is 18.9 Å². The molecule has 1 aromatic heterocycles. The quantitative estimate of drug-likeness (QED) is 0.823. The van der Waals surface area contributed by atoms with E-state index in [2.05, 4.69) is 4.98 Å². The predicted octanol–water partition coefficient (Wildman–Crippen LogP) is 1.39. The van der Waals surface area contributed by atoms with Crippen LogP contribution in [0.25, 0.3) is 0 Å². The molecule has 0 aliphatic heterocycles. The molecule has 3 nitrogen and oxygen atoms in total. The fourth-order valence-electron chi connectivity index (χ4n) is 1.07. The molecule has 4 heteroatoms. The van der Waals surface area contributed by atoms with Gasteiger partial charge in [-0.15, -0.1) is 11.3 Å². The Labute approximate surface area is 89.4 Å². The van der Waals surface area contributed by atoms with E-state index in [-0.39, 0.29) is 11.6 Å². The first kappa shape index (κ1) is 11.6. The summed E-state index contributed by atoms with van der Waals surface area (Å²) in [6.07, 6.45) is 2.02. The van der Waals surface area contributed by atoms with Crippen LogP contribution in [0, 0.1) is 0 Å². The van der Waals surface area contributed by atoms with Crippen LogP contribution < -0.4 is 0 Å². The van der Waals surface area contributed by atoms with E-state index in [0.29, 0.717) is 6.42 Å². The number of aromatic nitrogens is 1. The molecule has 1 rings (SSSR count). The molecule has 0 radical (unpaired) electrons. The van der Waals surface area contributed by atoms with Crippen molar-refractivity contribution in [3.05, 3.63) is 16.6 Å². The van der Waals surface area contributed by atoms with Crippen molar-refractivity contribution in [2.24, 2.45) is 0 Å². The molecule has 0 amide bonds. The van der Waals surface area contributed by atoms with Gasteiger partial charge in [-0.1, -0.05) is 0 Å². The Balaban J connectivity index is 2.62. The highest BCUT2D eigenvalue weighted by Gasteiger charge is 2.30. The molecule has 0 saturated heterocycles. The second-order valence-corrected chi connectivity index (χ2v) is 5.17. The van der Waals surface area contributed by atoms with Gasteiger partial charge in [0.25, 0.3) is 0 Å². The van der Waals surface area contributed by atoms with Gasteiger partial charge < -0.3 is 10.0 Å². The number of thiazole rings is 1. The third kappa shape index (κ3) is 2.53. The van der Waals surface area contributed by atoms with Crippen LogP contribution in [0.3, 0.4) is 0 Å². The van der Waals surface area contributed by atoms with Gasteiger partial charge >= 0.3 is 0 Å². The summed E-state index contributed by atoms with van der Waals surface area (Å²) >= 11 is 1.59. The Morgan fingerprint density at radius 1 is 1.57 bits per heavy atom. The summed E-state index contributed by atoms with van der Waals surface area (Å²) in [5.74, 6) is 0. The Hall–Kier alpha value is -0.450. The highest BCUT2D eigenvalue weighted by atomic mass is 32.1. The molecule has 0 aliphatic rings. The normalized spacial score (nSPS) is 14.7. The number of rotatable bonds is 4. The third-order valence-corrected chi connectivity index (χ3v) is 3.62. The monoisotopic (exact) mass is 214 g/mol. The summed E-state index contributed by atoms with van der Waals surface area (Å²) < 4.78 is 0. The van der Waals surface area contributed by atoms with Crippen molar-refractivity contribution >= 4 is 11.3 Å². The van der Waals surface area contributed by atoms with Crippen LogP contribution in [0.2, 0.25) is 0 Å². The second-order valence-electron chi connectivity index (χ2n) is 4.19. The summed E-state index contributed by atoms with van der Waals surface area (Å²) in [6.45, 7) is 4.07. The molecule has 1 N–H and O–H groups in total. The second kappa shape index (κ2) is 4.38. The molecule has 1 unspecified atom stereocenters. The number of aliphatic hydroxyl groups excluding tert-OH is 1. The van der Waals surface area contributed by atoms with E-state index in [9.17, 15) is 5.11 Å². The van der Waals surface area contributed by atoms with Crippen molar-refractivity contribution in [1.29, 1.82) is 0 Å². The number of hydrogen-bond donors (Lipinski definition) is 1. The van der Waals surface area contributed by atoms with E-state index in [1.54, 1.807) is 17.5 Å². The minimum atomic E-state index is -0.386. The van der Waals surface area contributed by atoms with Crippen molar-refractivity contribution < 1.29 is 5.11 Å². The highest BCUT2D eigenvalue weighted by molar-refractivity contribution is 7.09. The largest absolute Gasteiger partial charge is 0.391 e.